The average Bonchev–Trinajstić information content (AvgIpc) is 2.78. The molecule has 5 heteroatoms. The molecule has 1 aliphatic rings. The van der Waals surface area contributed by atoms with E-state index < -0.39 is 11.9 Å². The molecule has 2 N–H and O–H groups in total. The highest BCUT2D eigenvalue weighted by atomic mass is 16.5. The van der Waals surface area contributed by atoms with Crippen LogP contribution in [0.25, 0.3) is 0 Å². The van der Waals surface area contributed by atoms with Crippen LogP contribution in [-0.2, 0) is 17.6 Å². The maximum absolute atomic E-state index is 11.6. The van der Waals surface area contributed by atoms with E-state index in [0.717, 1.165) is 11.1 Å². The van der Waals surface area contributed by atoms with Crippen LogP contribution in [0.4, 0.5) is 0 Å². The predicted molar refractivity (Wildman–Crippen MR) is 62.7 cm³/mol. The molecule has 0 fully saturated rings. The van der Waals surface area contributed by atoms with E-state index >= 15 is 0 Å². The van der Waals surface area contributed by atoms with Crippen molar-refractivity contribution < 1.29 is 24.5 Å². The van der Waals surface area contributed by atoms with Gasteiger partial charge in [-0.15, -0.1) is 0 Å². The number of carbonyl (C=O) groups excluding carboxylic acids is 1. The van der Waals surface area contributed by atoms with Gasteiger partial charge in [0.1, 0.15) is 0 Å². The van der Waals surface area contributed by atoms with Crippen molar-refractivity contribution in [3.8, 4) is 0 Å². The molecule has 0 radical (unpaired) electrons. The van der Waals surface area contributed by atoms with Crippen LogP contribution in [0.3, 0.4) is 0 Å². The number of carbonyl (C=O) groups is 2. The van der Waals surface area contributed by atoms with Crippen LogP contribution in [0.5, 0.6) is 0 Å². The van der Waals surface area contributed by atoms with Gasteiger partial charge in [-0.3, -0.25) is 0 Å². The third kappa shape index (κ3) is 2.09. The Kier molecular flexibility index (Phi) is 3.34. The molecule has 0 aromatic heterocycles. The Hall–Kier alpha value is -1.88. The van der Waals surface area contributed by atoms with Crippen molar-refractivity contribution in [1.29, 1.82) is 0 Å². The largest absolute Gasteiger partial charge is 0.478 e. The first-order valence-electron chi connectivity index (χ1n) is 5.65. The van der Waals surface area contributed by atoms with E-state index in [1.54, 1.807) is 6.07 Å². The number of ether oxygens (including phenoxy) is 1. The van der Waals surface area contributed by atoms with Crippen molar-refractivity contribution in [2.45, 2.75) is 12.8 Å². The first-order chi connectivity index (χ1) is 8.56. The maximum atomic E-state index is 11.6. The van der Waals surface area contributed by atoms with Crippen LogP contribution in [0.2, 0.25) is 0 Å². The molecule has 2 rings (SSSR count). The second-order valence-corrected chi connectivity index (χ2v) is 4.42. The average molecular weight is 250 g/mol. The minimum Gasteiger partial charge on any atom is -0.478 e. The Morgan fingerprint density at radius 1 is 1.28 bits per heavy atom. The second-order valence-electron chi connectivity index (χ2n) is 4.42. The molecule has 0 amide bonds. The fraction of sp³-hybridized carbons (Fsp3) is 0.385. The fourth-order valence-electron chi connectivity index (χ4n) is 2.35. The number of carboxylic acid groups (broad SMARTS) is 1. The van der Waals surface area contributed by atoms with Gasteiger partial charge in [0.25, 0.3) is 0 Å². The second kappa shape index (κ2) is 4.78. The summed E-state index contributed by atoms with van der Waals surface area (Å²) in [4.78, 5) is 22.7. The molecule has 0 saturated heterocycles. The fourth-order valence-corrected chi connectivity index (χ4v) is 2.35. The third-order valence-corrected chi connectivity index (χ3v) is 3.25. The molecule has 1 aromatic rings. The summed E-state index contributed by atoms with van der Waals surface area (Å²) < 4.78 is 4.59. The maximum Gasteiger partial charge on any atom is 0.338 e. The lowest BCUT2D eigenvalue weighted by Crippen LogP contribution is -2.11. The van der Waals surface area contributed by atoms with E-state index in [1.165, 1.54) is 13.2 Å². The highest BCUT2D eigenvalue weighted by Gasteiger charge is 2.26. The van der Waals surface area contributed by atoms with Crippen molar-refractivity contribution in [1.82, 2.24) is 0 Å². The standard InChI is InChI=1S/C13H14O5/c1-18-13(17)11-5-9-3-7(6-14)2-8(9)4-10(11)12(15)16/h4-5,7,14H,2-3,6H2,1H3,(H,15,16). The van der Waals surface area contributed by atoms with E-state index in [4.69, 9.17) is 10.2 Å². The molecule has 0 bridgehead atoms. The van der Waals surface area contributed by atoms with E-state index in [1.807, 2.05) is 0 Å². The molecule has 0 heterocycles. The number of benzene rings is 1. The lowest BCUT2D eigenvalue weighted by atomic mass is 10.00. The lowest BCUT2D eigenvalue weighted by molar-refractivity contribution is 0.0582. The first kappa shape index (κ1) is 12.6. The number of hydrogen-bond donors (Lipinski definition) is 2. The van der Waals surface area contributed by atoms with E-state index in [-0.39, 0.29) is 23.7 Å². The molecule has 5 nitrogen and oxygen atoms in total. The van der Waals surface area contributed by atoms with Gasteiger partial charge in [0.2, 0.25) is 0 Å². The quantitative estimate of drug-likeness (QED) is 0.778. The highest BCUT2D eigenvalue weighted by Crippen LogP contribution is 2.29. The lowest BCUT2D eigenvalue weighted by Gasteiger charge is -2.07. The Labute approximate surface area is 104 Å². The van der Waals surface area contributed by atoms with Gasteiger partial charge < -0.3 is 14.9 Å². The van der Waals surface area contributed by atoms with Gasteiger partial charge in [-0.2, -0.15) is 0 Å². The van der Waals surface area contributed by atoms with Crippen LogP contribution < -0.4 is 0 Å². The zero-order valence-corrected chi connectivity index (χ0v) is 9.97. The first-order valence-corrected chi connectivity index (χ1v) is 5.65. The van der Waals surface area contributed by atoms with E-state index in [2.05, 4.69) is 4.74 Å². The zero-order chi connectivity index (χ0) is 13.3. The molecular weight excluding hydrogens is 236 g/mol. The van der Waals surface area contributed by atoms with Gasteiger partial charge in [-0.05, 0) is 42.0 Å². The van der Waals surface area contributed by atoms with Gasteiger partial charge in [0, 0.05) is 6.61 Å². The van der Waals surface area contributed by atoms with Crippen LogP contribution in [-0.4, -0.2) is 35.9 Å². The van der Waals surface area contributed by atoms with Crippen LogP contribution in [0.1, 0.15) is 31.8 Å². The number of aliphatic hydroxyl groups is 1. The van der Waals surface area contributed by atoms with Crippen LogP contribution >= 0.6 is 0 Å². The Balaban J connectivity index is 2.49. The Bertz CT molecular complexity index is 506. The summed E-state index contributed by atoms with van der Waals surface area (Å²) in [6, 6.07) is 3.08. The molecule has 1 aliphatic carbocycles. The van der Waals surface area contributed by atoms with Crippen molar-refractivity contribution in [2.24, 2.45) is 5.92 Å². The summed E-state index contributed by atoms with van der Waals surface area (Å²) in [5.74, 6) is -1.69. The van der Waals surface area contributed by atoms with Crippen molar-refractivity contribution in [3.05, 3.63) is 34.4 Å². The van der Waals surface area contributed by atoms with Crippen molar-refractivity contribution >= 4 is 11.9 Å². The van der Waals surface area contributed by atoms with E-state index in [0.29, 0.717) is 12.8 Å². The predicted octanol–water partition coefficient (Wildman–Crippen LogP) is 0.878. The summed E-state index contributed by atoms with van der Waals surface area (Å²) in [5, 5.41) is 18.2. The number of aliphatic hydroxyl groups excluding tert-OH is 1. The summed E-state index contributed by atoms with van der Waals surface area (Å²) in [5.41, 5.74) is 1.83. The number of hydrogen-bond acceptors (Lipinski definition) is 4. The van der Waals surface area contributed by atoms with E-state index in [9.17, 15) is 9.59 Å². The summed E-state index contributed by atoms with van der Waals surface area (Å²) in [6.07, 6.45) is 1.31. The number of fused-ring (bicyclic) bond motifs is 1. The van der Waals surface area contributed by atoms with Crippen LogP contribution in [0, 0.1) is 5.92 Å². The smallest absolute Gasteiger partial charge is 0.338 e. The number of carboxylic acids is 1. The number of aromatic carboxylic acids is 1. The molecular formula is C13H14O5. The molecule has 0 spiro atoms. The van der Waals surface area contributed by atoms with Crippen molar-refractivity contribution in [2.75, 3.05) is 13.7 Å². The minimum atomic E-state index is -1.15. The van der Waals surface area contributed by atoms with Gasteiger partial charge in [0.05, 0.1) is 18.2 Å². The molecule has 0 aliphatic heterocycles. The highest BCUT2D eigenvalue weighted by molar-refractivity contribution is 6.02. The van der Waals surface area contributed by atoms with Gasteiger partial charge in [-0.1, -0.05) is 0 Å². The summed E-state index contributed by atoms with van der Waals surface area (Å²) >= 11 is 0. The van der Waals surface area contributed by atoms with Crippen molar-refractivity contribution in [3.63, 3.8) is 0 Å². The number of rotatable bonds is 3. The summed E-state index contributed by atoms with van der Waals surface area (Å²) in [6.45, 7) is 0.0602. The van der Waals surface area contributed by atoms with Crippen LogP contribution in [0.15, 0.2) is 12.1 Å². The third-order valence-electron chi connectivity index (χ3n) is 3.25. The van der Waals surface area contributed by atoms with Gasteiger partial charge >= 0.3 is 11.9 Å². The molecule has 18 heavy (non-hydrogen) atoms. The zero-order valence-electron chi connectivity index (χ0n) is 9.97. The number of esters is 1. The summed E-state index contributed by atoms with van der Waals surface area (Å²) in [7, 11) is 1.22. The molecule has 1 aromatic carbocycles. The monoisotopic (exact) mass is 250 g/mol. The van der Waals surface area contributed by atoms with Gasteiger partial charge in [-0.25, -0.2) is 9.59 Å². The molecule has 96 valence electrons. The normalized spacial score (nSPS) is 17.3. The molecule has 1 unspecified atom stereocenters. The molecule has 1 atom stereocenters. The Morgan fingerprint density at radius 2 is 1.83 bits per heavy atom. The minimum absolute atomic E-state index is 0.0424. The van der Waals surface area contributed by atoms with Gasteiger partial charge in [0.15, 0.2) is 0 Å². The SMILES string of the molecule is COC(=O)c1cc2c(cc1C(=O)O)CC(CO)C2. The number of methoxy groups -OCH3 is 1. The Morgan fingerprint density at radius 3 is 2.28 bits per heavy atom. The topological polar surface area (TPSA) is 83.8 Å². The molecule has 0 saturated carbocycles.